The highest BCUT2D eigenvalue weighted by Gasteiger charge is 2.08. The monoisotopic (exact) mass is 276 g/mol. The van der Waals surface area contributed by atoms with Gasteiger partial charge in [-0.1, -0.05) is 29.8 Å². The molecule has 0 saturated heterocycles. The molecule has 3 aromatic rings. The van der Waals surface area contributed by atoms with E-state index in [2.05, 4.69) is 27.1 Å². The first-order chi connectivity index (χ1) is 8.84. The normalized spacial score (nSPS) is 11.2. The number of nitrogens with one attached hydrogen (secondary N) is 2. The molecule has 18 heavy (non-hydrogen) atoms. The highest BCUT2D eigenvalue weighted by molar-refractivity contribution is 7.07. The van der Waals surface area contributed by atoms with Crippen LogP contribution in [0.4, 0.5) is 0 Å². The van der Waals surface area contributed by atoms with Gasteiger partial charge < -0.3 is 10.3 Å². The molecule has 2 aromatic heterocycles. The van der Waals surface area contributed by atoms with E-state index in [1.165, 1.54) is 5.56 Å². The average Bonchev–Trinajstić information content (AvgIpc) is 3.00. The zero-order chi connectivity index (χ0) is 12.4. The number of thiophene rings is 1. The van der Waals surface area contributed by atoms with Crippen LogP contribution in [0.1, 0.15) is 11.3 Å². The van der Waals surface area contributed by atoms with E-state index < -0.39 is 0 Å². The number of rotatable bonds is 4. The molecule has 0 radical (unpaired) electrons. The molecule has 4 heteroatoms. The molecule has 0 aliphatic heterocycles. The fourth-order valence-electron chi connectivity index (χ4n) is 2.01. The van der Waals surface area contributed by atoms with Crippen molar-refractivity contribution in [3.8, 4) is 0 Å². The smallest absolute Gasteiger partial charge is 0.0705 e. The molecule has 0 atom stereocenters. The summed E-state index contributed by atoms with van der Waals surface area (Å²) in [6.45, 7) is 1.62. The molecule has 92 valence electrons. The summed E-state index contributed by atoms with van der Waals surface area (Å²) in [5.74, 6) is 0. The minimum atomic E-state index is 0.753. The Kier molecular flexibility index (Phi) is 3.37. The first kappa shape index (κ1) is 11.8. The lowest BCUT2D eigenvalue weighted by Gasteiger charge is -2.02. The van der Waals surface area contributed by atoms with Crippen molar-refractivity contribution in [3.63, 3.8) is 0 Å². The summed E-state index contributed by atoms with van der Waals surface area (Å²) >= 11 is 8.07. The van der Waals surface area contributed by atoms with Crippen LogP contribution in [0.2, 0.25) is 5.02 Å². The summed E-state index contributed by atoms with van der Waals surface area (Å²) in [6, 6.07) is 10.2. The maximum absolute atomic E-state index is 6.35. The highest BCUT2D eigenvalue weighted by atomic mass is 35.5. The molecule has 3 rings (SSSR count). The van der Waals surface area contributed by atoms with E-state index in [9.17, 15) is 0 Å². The van der Waals surface area contributed by atoms with Crippen LogP contribution in [0.3, 0.4) is 0 Å². The number of H-pyrrole nitrogens is 1. The van der Waals surface area contributed by atoms with Crippen LogP contribution >= 0.6 is 22.9 Å². The van der Waals surface area contributed by atoms with Crippen molar-refractivity contribution in [1.82, 2.24) is 10.3 Å². The van der Waals surface area contributed by atoms with Crippen molar-refractivity contribution in [3.05, 3.63) is 57.4 Å². The Morgan fingerprint density at radius 1 is 1.17 bits per heavy atom. The van der Waals surface area contributed by atoms with Gasteiger partial charge in [0.1, 0.15) is 0 Å². The Morgan fingerprint density at radius 3 is 2.83 bits per heavy atom. The van der Waals surface area contributed by atoms with Gasteiger partial charge in [-0.3, -0.25) is 0 Å². The van der Waals surface area contributed by atoms with Gasteiger partial charge in [-0.25, -0.2) is 0 Å². The second-order valence-electron chi connectivity index (χ2n) is 4.20. The molecule has 0 bridgehead atoms. The van der Waals surface area contributed by atoms with Crippen molar-refractivity contribution in [2.24, 2.45) is 0 Å². The van der Waals surface area contributed by atoms with Crippen LogP contribution in [0.25, 0.3) is 10.9 Å². The lowest BCUT2D eigenvalue weighted by molar-refractivity contribution is 0.685. The molecule has 1 aromatic carbocycles. The zero-order valence-electron chi connectivity index (χ0n) is 9.74. The van der Waals surface area contributed by atoms with Crippen molar-refractivity contribution in [2.45, 2.75) is 13.1 Å². The van der Waals surface area contributed by atoms with E-state index in [-0.39, 0.29) is 0 Å². The molecule has 0 aliphatic carbocycles. The van der Waals surface area contributed by atoms with Crippen LogP contribution in [-0.4, -0.2) is 4.98 Å². The lowest BCUT2D eigenvalue weighted by Crippen LogP contribution is -2.12. The second-order valence-corrected chi connectivity index (χ2v) is 5.36. The minimum Gasteiger partial charge on any atom is -0.356 e. The first-order valence-corrected chi connectivity index (χ1v) is 7.13. The van der Waals surface area contributed by atoms with Gasteiger partial charge in [-0.15, -0.1) is 0 Å². The number of halogens is 1. The molecular formula is C14H13ClN2S. The SMILES string of the molecule is Clc1c(CNCc2ccsc2)[nH]c2ccccc12. The predicted octanol–water partition coefficient (Wildman–Crippen LogP) is 4.17. The minimum absolute atomic E-state index is 0.753. The Hall–Kier alpha value is -1.29. The van der Waals surface area contributed by atoms with E-state index in [1.807, 2.05) is 24.3 Å². The van der Waals surface area contributed by atoms with Gasteiger partial charge >= 0.3 is 0 Å². The number of benzene rings is 1. The Morgan fingerprint density at radius 2 is 2.06 bits per heavy atom. The lowest BCUT2D eigenvalue weighted by atomic mass is 10.2. The predicted molar refractivity (Wildman–Crippen MR) is 78.2 cm³/mol. The van der Waals surface area contributed by atoms with Crippen molar-refractivity contribution in [1.29, 1.82) is 0 Å². The van der Waals surface area contributed by atoms with E-state index in [0.29, 0.717) is 0 Å². The summed E-state index contributed by atoms with van der Waals surface area (Å²) in [7, 11) is 0. The quantitative estimate of drug-likeness (QED) is 0.735. The topological polar surface area (TPSA) is 27.8 Å². The fraction of sp³-hybridized carbons (Fsp3) is 0.143. The van der Waals surface area contributed by atoms with Gasteiger partial charge in [-0.05, 0) is 28.5 Å². The Bertz CT molecular complexity index is 643. The van der Waals surface area contributed by atoms with Gasteiger partial charge in [0.2, 0.25) is 0 Å². The van der Waals surface area contributed by atoms with Gasteiger partial charge in [0.25, 0.3) is 0 Å². The van der Waals surface area contributed by atoms with Gasteiger partial charge in [0, 0.05) is 29.7 Å². The third kappa shape index (κ3) is 2.29. The number of aromatic amines is 1. The van der Waals surface area contributed by atoms with E-state index >= 15 is 0 Å². The summed E-state index contributed by atoms with van der Waals surface area (Å²) in [4.78, 5) is 3.35. The standard InChI is InChI=1S/C14H13ClN2S/c15-14-11-3-1-2-4-12(11)17-13(14)8-16-7-10-5-6-18-9-10/h1-6,9,16-17H,7-8H2. The number of hydrogen-bond donors (Lipinski definition) is 2. The van der Waals surface area contributed by atoms with E-state index in [0.717, 1.165) is 34.7 Å². The van der Waals surface area contributed by atoms with Crippen LogP contribution in [0, 0.1) is 0 Å². The average molecular weight is 277 g/mol. The number of para-hydroxylation sites is 1. The highest BCUT2D eigenvalue weighted by Crippen LogP contribution is 2.26. The molecule has 0 aliphatic rings. The van der Waals surface area contributed by atoms with Crippen LogP contribution in [0.5, 0.6) is 0 Å². The number of aromatic nitrogens is 1. The largest absolute Gasteiger partial charge is 0.356 e. The number of hydrogen-bond acceptors (Lipinski definition) is 2. The van der Waals surface area contributed by atoms with Crippen molar-refractivity contribution < 1.29 is 0 Å². The molecule has 2 heterocycles. The Balaban J connectivity index is 1.73. The number of fused-ring (bicyclic) bond motifs is 1. The van der Waals surface area contributed by atoms with E-state index in [1.54, 1.807) is 11.3 Å². The maximum Gasteiger partial charge on any atom is 0.0705 e. The third-order valence-electron chi connectivity index (χ3n) is 2.93. The van der Waals surface area contributed by atoms with Crippen LogP contribution in [-0.2, 0) is 13.1 Å². The van der Waals surface area contributed by atoms with Crippen LogP contribution in [0.15, 0.2) is 41.1 Å². The molecule has 0 saturated carbocycles. The van der Waals surface area contributed by atoms with Crippen molar-refractivity contribution >= 4 is 33.8 Å². The molecular weight excluding hydrogens is 264 g/mol. The van der Waals surface area contributed by atoms with Gasteiger partial charge in [0.05, 0.1) is 5.02 Å². The molecule has 0 unspecified atom stereocenters. The summed E-state index contributed by atoms with van der Waals surface area (Å²) < 4.78 is 0. The zero-order valence-corrected chi connectivity index (χ0v) is 11.3. The molecule has 2 nitrogen and oxygen atoms in total. The van der Waals surface area contributed by atoms with Gasteiger partial charge in [0.15, 0.2) is 0 Å². The summed E-state index contributed by atoms with van der Waals surface area (Å²) in [6.07, 6.45) is 0. The molecule has 2 N–H and O–H groups in total. The third-order valence-corrected chi connectivity index (χ3v) is 4.09. The van der Waals surface area contributed by atoms with Gasteiger partial charge in [-0.2, -0.15) is 11.3 Å². The summed E-state index contributed by atoms with van der Waals surface area (Å²) in [5.41, 5.74) is 3.45. The maximum atomic E-state index is 6.35. The Labute approximate surface area is 115 Å². The first-order valence-electron chi connectivity index (χ1n) is 5.81. The molecule has 0 fully saturated rings. The second kappa shape index (κ2) is 5.14. The van der Waals surface area contributed by atoms with E-state index in [4.69, 9.17) is 11.6 Å². The van der Waals surface area contributed by atoms with Crippen LogP contribution < -0.4 is 5.32 Å². The summed E-state index contributed by atoms with van der Waals surface area (Å²) in [5, 5.41) is 9.55. The molecule has 0 amide bonds. The van der Waals surface area contributed by atoms with Crippen molar-refractivity contribution in [2.75, 3.05) is 0 Å². The fourth-order valence-corrected chi connectivity index (χ4v) is 2.96. The molecule has 0 spiro atoms.